The van der Waals surface area contributed by atoms with Gasteiger partial charge in [-0.2, -0.15) is 8.61 Å². The van der Waals surface area contributed by atoms with Gasteiger partial charge in [-0.15, -0.1) is 0 Å². The number of hydrogen-bond donors (Lipinski definition) is 1. The van der Waals surface area contributed by atoms with Gasteiger partial charge in [-0.05, 0) is 42.0 Å². The summed E-state index contributed by atoms with van der Waals surface area (Å²) in [6.45, 7) is -0.198. The van der Waals surface area contributed by atoms with Crippen LogP contribution in [-0.2, 0) is 31.4 Å². The minimum Gasteiger partial charge on any atom is -0.325 e. The van der Waals surface area contributed by atoms with E-state index in [0.29, 0.717) is 5.69 Å². The second-order valence-electron chi connectivity index (χ2n) is 7.27. The standard InChI is InChI=1S/C22H24N4O5S2/c1-25(16-18-7-4-3-5-8-18)32(28,29)20-12-10-19(11-13-20)24-22(27)17-26(2)33(30,31)21-9-6-14-23-15-21/h3-15H,16-17H2,1-2H3,(H,24,27). The van der Waals surface area contributed by atoms with E-state index >= 15 is 0 Å². The molecule has 3 aromatic rings. The normalized spacial score (nSPS) is 12.1. The van der Waals surface area contributed by atoms with Gasteiger partial charge in [-0.1, -0.05) is 30.3 Å². The first-order valence-electron chi connectivity index (χ1n) is 9.87. The molecule has 2 aromatic carbocycles. The van der Waals surface area contributed by atoms with Gasteiger partial charge in [-0.3, -0.25) is 9.78 Å². The predicted molar refractivity (Wildman–Crippen MR) is 124 cm³/mol. The van der Waals surface area contributed by atoms with Crippen molar-refractivity contribution in [1.82, 2.24) is 13.6 Å². The van der Waals surface area contributed by atoms with Gasteiger partial charge >= 0.3 is 0 Å². The Kier molecular flexibility index (Phi) is 7.59. The molecule has 0 aliphatic heterocycles. The third-order valence-electron chi connectivity index (χ3n) is 4.80. The van der Waals surface area contributed by atoms with Crippen molar-refractivity contribution in [2.24, 2.45) is 0 Å². The summed E-state index contributed by atoms with van der Waals surface area (Å²) in [5.41, 5.74) is 1.20. The molecular formula is C22H24N4O5S2. The molecule has 0 atom stereocenters. The van der Waals surface area contributed by atoms with Gasteiger partial charge < -0.3 is 5.32 Å². The zero-order valence-electron chi connectivity index (χ0n) is 18.1. The lowest BCUT2D eigenvalue weighted by molar-refractivity contribution is -0.116. The first-order valence-corrected chi connectivity index (χ1v) is 12.8. The molecule has 0 aliphatic carbocycles. The summed E-state index contributed by atoms with van der Waals surface area (Å²) < 4.78 is 52.8. The Morgan fingerprint density at radius 3 is 2.06 bits per heavy atom. The van der Waals surface area contributed by atoms with Crippen molar-refractivity contribution < 1.29 is 21.6 Å². The topological polar surface area (TPSA) is 117 Å². The van der Waals surface area contributed by atoms with E-state index in [4.69, 9.17) is 0 Å². The van der Waals surface area contributed by atoms with E-state index in [9.17, 15) is 21.6 Å². The molecule has 174 valence electrons. The summed E-state index contributed by atoms with van der Waals surface area (Å²) in [4.78, 5) is 16.2. The lowest BCUT2D eigenvalue weighted by Gasteiger charge is -2.18. The molecule has 1 aromatic heterocycles. The first kappa shape index (κ1) is 24.5. The van der Waals surface area contributed by atoms with Crippen LogP contribution in [0.15, 0.2) is 88.9 Å². The van der Waals surface area contributed by atoms with Crippen LogP contribution in [0.2, 0.25) is 0 Å². The molecule has 0 unspecified atom stereocenters. The zero-order valence-corrected chi connectivity index (χ0v) is 19.8. The summed E-state index contributed by atoms with van der Waals surface area (Å²) in [7, 11) is -4.80. The van der Waals surface area contributed by atoms with Crippen LogP contribution in [0.5, 0.6) is 0 Å². The van der Waals surface area contributed by atoms with Crippen molar-refractivity contribution in [1.29, 1.82) is 0 Å². The second-order valence-corrected chi connectivity index (χ2v) is 11.4. The van der Waals surface area contributed by atoms with E-state index in [1.807, 2.05) is 30.3 Å². The van der Waals surface area contributed by atoms with Crippen LogP contribution >= 0.6 is 0 Å². The van der Waals surface area contributed by atoms with Crippen molar-refractivity contribution in [3.05, 3.63) is 84.7 Å². The van der Waals surface area contributed by atoms with Gasteiger partial charge in [0, 0.05) is 38.7 Å². The number of sulfonamides is 2. The lowest BCUT2D eigenvalue weighted by atomic mass is 10.2. The number of likely N-dealkylation sites (N-methyl/N-ethyl adjacent to an activating group) is 1. The molecule has 33 heavy (non-hydrogen) atoms. The van der Waals surface area contributed by atoms with Crippen LogP contribution in [0.1, 0.15) is 5.56 Å². The number of rotatable bonds is 9. The van der Waals surface area contributed by atoms with Crippen molar-refractivity contribution in [2.45, 2.75) is 16.3 Å². The highest BCUT2D eigenvalue weighted by atomic mass is 32.2. The average molecular weight is 489 g/mol. The van der Waals surface area contributed by atoms with E-state index < -0.39 is 32.5 Å². The van der Waals surface area contributed by atoms with Gasteiger partial charge in [0.2, 0.25) is 26.0 Å². The Morgan fingerprint density at radius 1 is 0.818 bits per heavy atom. The van der Waals surface area contributed by atoms with E-state index in [2.05, 4.69) is 10.3 Å². The fourth-order valence-electron chi connectivity index (χ4n) is 2.98. The zero-order chi connectivity index (χ0) is 24.1. The number of benzene rings is 2. The van der Waals surface area contributed by atoms with Crippen molar-refractivity contribution >= 4 is 31.6 Å². The van der Waals surface area contributed by atoms with Crippen LogP contribution in [0.4, 0.5) is 5.69 Å². The number of nitrogens with one attached hydrogen (secondary N) is 1. The maximum absolute atomic E-state index is 12.8. The molecule has 0 fully saturated rings. The number of hydrogen-bond acceptors (Lipinski definition) is 6. The number of carbonyl (C=O) groups is 1. The third kappa shape index (κ3) is 6.02. The maximum Gasteiger partial charge on any atom is 0.244 e. The van der Waals surface area contributed by atoms with Gasteiger partial charge in [0.05, 0.1) is 11.4 Å². The maximum atomic E-state index is 12.8. The highest BCUT2D eigenvalue weighted by molar-refractivity contribution is 7.89. The largest absolute Gasteiger partial charge is 0.325 e. The highest BCUT2D eigenvalue weighted by Crippen LogP contribution is 2.19. The number of amides is 1. The van der Waals surface area contributed by atoms with Crippen LogP contribution in [0.3, 0.4) is 0 Å². The van der Waals surface area contributed by atoms with E-state index in [1.54, 1.807) is 0 Å². The highest BCUT2D eigenvalue weighted by Gasteiger charge is 2.24. The number of pyridine rings is 1. The molecule has 0 radical (unpaired) electrons. The van der Waals surface area contributed by atoms with Crippen molar-refractivity contribution in [3.8, 4) is 0 Å². The second kappa shape index (κ2) is 10.2. The first-order chi connectivity index (χ1) is 15.6. The Hall–Kier alpha value is -3.12. The van der Waals surface area contributed by atoms with Crippen molar-refractivity contribution in [3.63, 3.8) is 0 Å². The van der Waals surface area contributed by atoms with Gasteiger partial charge in [0.25, 0.3) is 0 Å². The fourth-order valence-corrected chi connectivity index (χ4v) is 5.23. The minimum absolute atomic E-state index is 0.0190. The van der Waals surface area contributed by atoms with Crippen LogP contribution in [0, 0.1) is 0 Å². The van der Waals surface area contributed by atoms with Gasteiger partial charge in [0.1, 0.15) is 4.90 Å². The molecule has 0 bridgehead atoms. The molecule has 1 heterocycles. The van der Waals surface area contributed by atoms with Crippen LogP contribution in [0.25, 0.3) is 0 Å². The average Bonchev–Trinajstić information content (AvgIpc) is 2.80. The molecule has 0 saturated carbocycles. The summed E-state index contributed by atoms with van der Waals surface area (Å²) in [6.07, 6.45) is 2.66. The minimum atomic E-state index is -3.86. The Bertz CT molecular complexity index is 1300. The SMILES string of the molecule is CN(CC(=O)Nc1ccc(S(=O)(=O)N(C)Cc2ccccc2)cc1)S(=O)(=O)c1cccnc1. The van der Waals surface area contributed by atoms with Crippen LogP contribution < -0.4 is 5.32 Å². The Morgan fingerprint density at radius 2 is 1.45 bits per heavy atom. The van der Waals surface area contributed by atoms with E-state index in [0.717, 1.165) is 9.87 Å². The Balaban J connectivity index is 1.63. The molecule has 0 saturated heterocycles. The molecular weight excluding hydrogens is 464 g/mol. The number of aromatic nitrogens is 1. The number of anilines is 1. The molecule has 11 heteroatoms. The number of nitrogens with zero attached hydrogens (tertiary/aromatic N) is 3. The predicted octanol–water partition coefficient (Wildman–Crippen LogP) is 2.16. The Labute approximate surface area is 193 Å². The molecule has 3 rings (SSSR count). The molecule has 0 aliphatic rings. The number of carbonyl (C=O) groups excluding carboxylic acids is 1. The summed E-state index contributed by atoms with van der Waals surface area (Å²) in [6, 6.07) is 17.8. The third-order valence-corrected chi connectivity index (χ3v) is 8.41. The summed E-state index contributed by atoms with van der Waals surface area (Å²) in [5.74, 6) is -0.568. The van der Waals surface area contributed by atoms with E-state index in [-0.39, 0.29) is 16.3 Å². The van der Waals surface area contributed by atoms with Crippen LogP contribution in [-0.4, -0.2) is 57.0 Å². The molecule has 1 amide bonds. The quantitative estimate of drug-likeness (QED) is 0.493. The molecule has 1 N–H and O–H groups in total. The molecule has 9 nitrogen and oxygen atoms in total. The monoisotopic (exact) mass is 488 g/mol. The summed E-state index contributed by atoms with van der Waals surface area (Å²) >= 11 is 0. The van der Waals surface area contributed by atoms with Crippen molar-refractivity contribution in [2.75, 3.05) is 26.0 Å². The lowest BCUT2D eigenvalue weighted by Crippen LogP contribution is -2.35. The summed E-state index contributed by atoms with van der Waals surface area (Å²) in [5, 5.41) is 2.58. The molecule has 0 spiro atoms. The van der Waals surface area contributed by atoms with E-state index in [1.165, 1.54) is 67.2 Å². The van der Waals surface area contributed by atoms with Gasteiger partial charge in [0.15, 0.2) is 0 Å². The fraction of sp³-hybridized carbons (Fsp3) is 0.182. The van der Waals surface area contributed by atoms with Gasteiger partial charge in [-0.25, -0.2) is 16.8 Å². The smallest absolute Gasteiger partial charge is 0.244 e.